The molecule has 3 rings (SSSR count). The van der Waals surface area contributed by atoms with Gasteiger partial charge in [-0.25, -0.2) is 4.68 Å². The van der Waals surface area contributed by atoms with Gasteiger partial charge in [0.1, 0.15) is 0 Å². The summed E-state index contributed by atoms with van der Waals surface area (Å²) in [5.41, 5.74) is 2.47. The van der Waals surface area contributed by atoms with Crippen molar-refractivity contribution in [3.63, 3.8) is 0 Å². The minimum atomic E-state index is -0.452. The van der Waals surface area contributed by atoms with Crippen molar-refractivity contribution in [2.75, 3.05) is 13.7 Å². The molecule has 6 nitrogen and oxygen atoms in total. The normalized spacial score (nSPS) is 10.6. The smallest absolute Gasteiger partial charge is 0.310 e. The highest BCUT2D eigenvalue weighted by Crippen LogP contribution is 2.33. The Labute approximate surface area is 178 Å². The third-order valence-electron chi connectivity index (χ3n) is 4.25. The molecule has 0 aliphatic carbocycles. The Balaban J connectivity index is 2.31. The molecular weight excluding hydrogens is 413 g/mol. The minimum absolute atomic E-state index is 0.112. The van der Waals surface area contributed by atoms with E-state index in [4.69, 9.17) is 27.9 Å². The van der Waals surface area contributed by atoms with Crippen molar-refractivity contribution in [3.05, 3.63) is 69.8 Å². The fourth-order valence-electron chi connectivity index (χ4n) is 2.98. The zero-order valence-corrected chi connectivity index (χ0v) is 17.4. The third-order valence-corrected chi connectivity index (χ3v) is 4.82. The van der Waals surface area contributed by atoms with E-state index < -0.39 is 11.9 Å². The summed E-state index contributed by atoms with van der Waals surface area (Å²) in [6.45, 7) is 1.97. The number of rotatable bonds is 6. The van der Waals surface area contributed by atoms with E-state index >= 15 is 0 Å². The van der Waals surface area contributed by atoms with E-state index in [1.807, 2.05) is 6.07 Å². The van der Waals surface area contributed by atoms with Gasteiger partial charge in [-0.1, -0.05) is 47.5 Å². The number of hydrogen-bond acceptors (Lipinski definition) is 4. The molecule has 2 aromatic carbocycles. The van der Waals surface area contributed by atoms with Gasteiger partial charge in [0.2, 0.25) is 0 Å². The molecular formula is C21H19Cl2N3O3. The van der Waals surface area contributed by atoms with Crippen molar-refractivity contribution >= 4 is 35.1 Å². The van der Waals surface area contributed by atoms with Gasteiger partial charge < -0.3 is 10.1 Å². The highest BCUT2D eigenvalue weighted by Gasteiger charge is 2.27. The fourth-order valence-corrected chi connectivity index (χ4v) is 3.32. The lowest BCUT2D eigenvalue weighted by Crippen LogP contribution is -2.21. The van der Waals surface area contributed by atoms with E-state index in [0.29, 0.717) is 27.0 Å². The van der Waals surface area contributed by atoms with E-state index in [-0.39, 0.29) is 18.7 Å². The van der Waals surface area contributed by atoms with E-state index in [1.165, 1.54) is 7.05 Å². The van der Waals surface area contributed by atoms with Gasteiger partial charge in [-0.3, -0.25) is 9.59 Å². The highest BCUT2D eigenvalue weighted by molar-refractivity contribution is 6.32. The Bertz CT molecular complexity index is 1050. The highest BCUT2D eigenvalue weighted by atomic mass is 35.5. The molecule has 0 atom stereocenters. The SMILES string of the molecule is CCOC(=O)Cc1c(C(=O)NC)nn(-c2ccccc2Cl)c1-c1ccc(Cl)cc1. The molecule has 0 saturated carbocycles. The molecule has 3 aromatic rings. The van der Waals surface area contributed by atoms with Gasteiger partial charge >= 0.3 is 5.97 Å². The summed E-state index contributed by atoms with van der Waals surface area (Å²) >= 11 is 12.4. The maximum Gasteiger partial charge on any atom is 0.310 e. The van der Waals surface area contributed by atoms with Crippen molar-refractivity contribution in [1.29, 1.82) is 0 Å². The van der Waals surface area contributed by atoms with Gasteiger partial charge in [-0.15, -0.1) is 0 Å². The standard InChI is InChI=1S/C21H19Cl2N3O3/c1-3-29-18(27)12-15-19(21(28)24-2)25-26(17-7-5-4-6-16(17)23)20(15)13-8-10-14(22)11-9-13/h4-11H,3,12H2,1-2H3,(H,24,28). The maximum atomic E-state index is 12.5. The molecule has 29 heavy (non-hydrogen) atoms. The second-order valence-corrected chi connectivity index (χ2v) is 6.95. The molecule has 0 aliphatic heterocycles. The van der Waals surface area contributed by atoms with Crippen LogP contribution in [0.2, 0.25) is 10.0 Å². The molecule has 0 radical (unpaired) electrons. The van der Waals surface area contributed by atoms with Crippen LogP contribution in [0.4, 0.5) is 0 Å². The number of nitrogens with zero attached hydrogens (tertiary/aromatic N) is 2. The van der Waals surface area contributed by atoms with Crippen molar-refractivity contribution in [2.45, 2.75) is 13.3 Å². The zero-order chi connectivity index (χ0) is 21.0. The molecule has 0 aliphatic rings. The van der Waals surface area contributed by atoms with Crippen LogP contribution in [0, 0.1) is 0 Å². The monoisotopic (exact) mass is 431 g/mol. The molecule has 0 saturated heterocycles. The summed E-state index contributed by atoms with van der Waals surface area (Å²) in [6.07, 6.45) is -0.112. The number of benzene rings is 2. The largest absolute Gasteiger partial charge is 0.466 e. The maximum absolute atomic E-state index is 12.5. The number of esters is 1. The number of nitrogens with one attached hydrogen (secondary N) is 1. The van der Waals surface area contributed by atoms with Crippen molar-refractivity contribution in [3.8, 4) is 16.9 Å². The minimum Gasteiger partial charge on any atom is -0.466 e. The quantitative estimate of drug-likeness (QED) is 0.590. The molecule has 0 fully saturated rings. The lowest BCUT2D eigenvalue weighted by Gasteiger charge is -2.11. The predicted molar refractivity (Wildman–Crippen MR) is 113 cm³/mol. The van der Waals surface area contributed by atoms with Crippen molar-refractivity contribution in [1.82, 2.24) is 15.1 Å². The van der Waals surface area contributed by atoms with Gasteiger partial charge in [0, 0.05) is 23.2 Å². The number of carbonyl (C=O) groups excluding carboxylic acids is 2. The van der Waals surface area contributed by atoms with Crippen LogP contribution in [0.25, 0.3) is 16.9 Å². The lowest BCUT2D eigenvalue weighted by atomic mass is 10.0. The van der Waals surface area contributed by atoms with Crippen LogP contribution >= 0.6 is 23.2 Å². The van der Waals surface area contributed by atoms with Crippen LogP contribution in [0.1, 0.15) is 23.0 Å². The average Bonchev–Trinajstić information content (AvgIpc) is 3.07. The number of ether oxygens (including phenoxy) is 1. The number of amides is 1. The van der Waals surface area contributed by atoms with Gasteiger partial charge in [-0.05, 0) is 31.2 Å². The average molecular weight is 432 g/mol. The number of aromatic nitrogens is 2. The zero-order valence-electron chi connectivity index (χ0n) is 15.9. The van der Waals surface area contributed by atoms with E-state index in [2.05, 4.69) is 10.4 Å². The van der Waals surface area contributed by atoms with Crippen LogP contribution in [-0.4, -0.2) is 35.3 Å². The van der Waals surface area contributed by atoms with Crippen LogP contribution in [0.3, 0.4) is 0 Å². The number of halogens is 2. The molecule has 1 N–H and O–H groups in total. The third kappa shape index (κ3) is 4.44. The summed E-state index contributed by atoms with van der Waals surface area (Å²) in [5.74, 6) is -0.864. The molecule has 1 aromatic heterocycles. The molecule has 0 bridgehead atoms. The van der Waals surface area contributed by atoms with Crippen LogP contribution in [0.5, 0.6) is 0 Å². The predicted octanol–water partition coefficient (Wildman–Crippen LogP) is 4.31. The Kier molecular flexibility index (Phi) is 6.56. The molecule has 8 heteroatoms. The van der Waals surface area contributed by atoms with E-state index in [0.717, 1.165) is 5.56 Å². The molecule has 0 spiro atoms. The van der Waals surface area contributed by atoms with Crippen LogP contribution in [-0.2, 0) is 16.0 Å². The van der Waals surface area contributed by atoms with Crippen LogP contribution in [0.15, 0.2) is 48.5 Å². The van der Waals surface area contributed by atoms with Crippen molar-refractivity contribution in [2.24, 2.45) is 0 Å². The summed E-state index contributed by atoms with van der Waals surface area (Å²) in [4.78, 5) is 24.8. The van der Waals surface area contributed by atoms with Gasteiger partial charge in [0.25, 0.3) is 5.91 Å². The number of hydrogen-bond donors (Lipinski definition) is 1. The van der Waals surface area contributed by atoms with E-state index in [1.54, 1.807) is 54.1 Å². The first-order chi connectivity index (χ1) is 14.0. The first kappa shape index (κ1) is 20.9. The summed E-state index contributed by atoms with van der Waals surface area (Å²) in [6, 6.07) is 14.2. The Hall–Kier alpha value is -2.83. The molecule has 150 valence electrons. The first-order valence-electron chi connectivity index (χ1n) is 8.96. The fraction of sp³-hybridized carbons (Fsp3) is 0.190. The second kappa shape index (κ2) is 9.11. The second-order valence-electron chi connectivity index (χ2n) is 6.11. The van der Waals surface area contributed by atoms with Gasteiger partial charge in [-0.2, -0.15) is 5.10 Å². The summed E-state index contributed by atoms with van der Waals surface area (Å²) in [7, 11) is 1.51. The van der Waals surface area contributed by atoms with Crippen LogP contribution < -0.4 is 5.32 Å². The first-order valence-corrected chi connectivity index (χ1v) is 9.72. The summed E-state index contributed by atoms with van der Waals surface area (Å²) < 4.78 is 6.68. The van der Waals surface area contributed by atoms with Crippen molar-refractivity contribution < 1.29 is 14.3 Å². The summed E-state index contributed by atoms with van der Waals surface area (Å²) in [5, 5.41) is 8.10. The Morgan fingerprint density at radius 2 is 1.79 bits per heavy atom. The van der Waals surface area contributed by atoms with Gasteiger partial charge in [0.05, 0.1) is 29.4 Å². The van der Waals surface area contributed by atoms with Gasteiger partial charge in [0.15, 0.2) is 5.69 Å². The molecule has 1 amide bonds. The number of carbonyl (C=O) groups is 2. The molecule has 0 unspecified atom stereocenters. The van der Waals surface area contributed by atoms with E-state index in [9.17, 15) is 9.59 Å². The Morgan fingerprint density at radius 1 is 1.10 bits per heavy atom. The topological polar surface area (TPSA) is 73.2 Å². The molecule has 1 heterocycles. The Morgan fingerprint density at radius 3 is 2.41 bits per heavy atom. The lowest BCUT2D eigenvalue weighted by molar-refractivity contribution is -0.142. The number of para-hydroxylation sites is 1.